The number of aromatic hydroxyl groups is 1. The average Bonchev–Trinajstić information content (AvgIpc) is 3.34. The molecular weight excluding hydrogens is 661 g/mol. The summed E-state index contributed by atoms with van der Waals surface area (Å²) in [7, 11) is 1.52. The van der Waals surface area contributed by atoms with Crippen LogP contribution in [0.1, 0.15) is 91.2 Å². The molecule has 0 spiro atoms. The van der Waals surface area contributed by atoms with Crippen molar-refractivity contribution in [2.75, 3.05) is 12.8 Å². The third-order valence-electron chi connectivity index (χ3n) is 11.3. The zero-order valence-corrected chi connectivity index (χ0v) is 31.0. The van der Waals surface area contributed by atoms with Gasteiger partial charge in [-0.3, -0.25) is 9.59 Å². The van der Waals surface area contributed by atoms with Crippen molar-refractivity contribution in [2.24, 2.45) is 23.7 Å². The number of aliphatic hydroxyl groups is 1. The van der Waals surface area contributed by atoms with E-state index in [2.05, 4.69) is 48.0 Å². The molecule has 0 bridgehead atoms. The summed E-state index contributed by atoms with van der Waals surface area (Å²) in [6, 6.07) is 25.9. The first-order valence-electron chi connectivity index (χ1n) is 19.2. The minimum Gasteiger partial charge on any atom is -0.504 e. The van der Waals surface area contributed by atoms with Crippen molar-refractivity contribution in [3.8, 4) is 23.3 Å². The van der Waals surface area contributed by atoms with Gasteiger partial charge in [-0.05, 0) is 103 Å². The lowest BCUT2D eigenvalue weighted by molar-refractivity contribution is -0.142. The fraction of sp³-hybridized carbons (Fsp3) is 0.413. The van der Waals surface area contributed by atoms with Crippen LogP contribution in [0.4, 0.5) is 5.82 Å². The fourth-order valence-electron chi connectivity index (χ4n) is 8.61. The zero-order valence-electron chi connectivity index (χ0n) is 31.0. The summed E-state index contributed by atoms with van der Waals surface area (Å²) < 4.78 is 5.69. The number of nitrogens with zero attached hydrogens (tertiary/aromatic N) is 1. The normalized spacial score (nSPS) is 23.3. The number of carbonyl (C=O) groups is 2. The molecule has 0 aliphatic heterocycles. The summed E-state index contributed by atoms with van der Waals surface area (Å²) in [6.45, 7) is 2.18. The number of aryl methyl sites for hydroxylation is 2. The maximum atomic E-state index is 14.3. The molecule has 0 saturated heterocycles. The van der Waals surface area contributed by atoms with Gasteiger partial charge < -0.3 is 20.7 Å². The van der Waals surface area contributed by atoms with Gasteiger partial charge in [0.1, 0.15) is 5.82 Å². The molecule has 1 fully saturated rings. The van der Waals surface area contributed by atoms with E-state index in [0.29, 0.717) is 37.3 Å². The summed E-state index contributed by atoms with van der Waals surface area (Å²) in [5.74, 6) is 6.39. The van der Waals surface area contributed by atoms with E-state index >= 15 is 0 Å². The number of methoxy groups -OCH3 is 1. The topological polar surface area (TPSA) is 123 Å². The van der Waals surface area contributed by atoms with Crippen molar-refractivity contribution in [2.45, 2.75) is 89.6 Å². The highest BCUT2D eigenvalue weighted by atomic mass is 16.5. The molecule has 3 aromatic carbocycles. The van der Waals surface area contributed by atoms with Gasteiger partial charge in [0.2, 0.25) is 0 Å². The number of unbranched alkanes of at least 4 members (excludes halogenated alkanes) is 1. The third kappa shape index (κ3) is 9.18. The summed E-state index contributed by atoms with van der Waals surface area (Å²) >= 11 is 0. The van der Waals surface area contributed by atoms with Gasteiger partial charge in [0.25, 0.3) is 0 Å². The van der Waals surface area contributed by atoms with Crippen LogP contribution in [0.3, 0.4) is 0 Å². The van der Waals surface area contributed by atoms with E-state index in [-0.39, 0.29) is 36.3 Å². The third-order valence-corrected chi connectivity index (χ3v) is 11.3. The predicted molar refractivity (Wildman–Crippen MR) is 209 cm³/mol. The first-order chi connectivity index (χ1) is 25.7. The summed E-state index contributed by atoms with van der Waals surface area (Å²) in [5, 5.41) is 23.2. The minimum absolute atomic E-state index is 0.0242. The van der Waals surface area contributed by atoms with Gasteiger partial charge in [-0.2, -0.15) is 0 Å². The minimum atomic E-state index is -1.71. The van der Waals surface area contributed by atoms with E-state index in [0.717, 1.165) is 65.5 Å². The van der Waals surface area contributed by atoms with Gasteiger partial charge in [0.05, 0.1) is 13.0 Å². The van der Waals surface area contributed by atoms with Crippen LogP contribution >= 0.6 is 0 Å². The number of carbonyl (C=O) groups excluding carboxylic acids is 2. The van der Waals surface area contributed by atoms with E-state index < -0.39 is 29.5 Å². The number of nitrogens with two attached hydrogens (primary N) is 1. The number of aliphatic hydroxyl groups excluding tert-OH is 1. The summed E-state index contributed by atoms with van der Waals surface area (Å²) in [6.07, 6.45) is 7.49. The molecule has 6 atom stereocenters. The van der Waals surface area contributed by atoms with Crippen molar-refractivity contribution in [1.29, 1.82) is 0 Å². The number of anilines is 1. The SMILES string of the molecule is CCCC[C@@H]1C[C@@H](Cc2ccnc(N)c2)C[C@H]2C#C[C@H](c3ccccc3)c3c(cc(OC)c(O)c3CCc3ccccc3)CCC(=O)[C@H](O)C(=O)[C@H]2C1. The van der Waals surface area contributed by atoms with Gasteiger partial charge in [-0.15, -0.1) is 0 Å². The number of hydrogen-bond donors (Lipinski definition) is 3. The van der Waals surface area contributed by atoms with Gasteiger partial charge in [-0.1, -0.05) is 98.7 Å². The highest BCUT2D eigenvalue weighted by molar-refractivity contribution is 6.06. The molecule has 1 heterocycles. The Kier molecular flexibility index (Phi) is 12.6. The molecule has 0 unspecified atom stereocenters. The average molecular weight is 713 g/mol. The maximum absolute atomic E-state index is 14.3. The molecule has 1 aromatic heterocycles. The molecule has 6 rings (SSSR count). The second-order valence-electron chi connectivity index (χ2n) is 15.0. The number of fused-ring (bicyclic) bond motifs is 2. The van der Waals surface area contributed by atoms with E-state index in [1.54, 1.807) is 12.3 Å². The molecule has 7 heteroatoms. The Balaban J connectivity index is 1.52. The van der Waals surface area contributed by atoms with E-state index in [9.17, 15) is 19.8 Å². The van der Waals surface area contributed by atoms with Crippen LogP contribution < -0.4 is 10.5 Å². The second kappa shape index (κ2) is 17.7. The number of phenolic OH excluding ortho intramolecular Hbond substituents is 1. The largest absolute Gasteiger partial charge is 0.504 e. The monoisotopic (exact) mass is 712 g/mol. The molecule has 0 radical (unpaired) electrons. The van der Waals surface area contributed by atoms with Crippen molar-refractivity contribution < 1.29 is 24.5 Å². The Morgan fingerprint density at radius 3 is 2.36 bits per heavy atom. The van der Waals surface area contributed by atoms with E-state index in [1.165, 1.54) is 7.11 Å². The number of Topliss-reactive ketones (excluding diaryl/α,β-unsaturated/α-hetero) is 2. The number of benzene rings is 3. The standard InChI is InChI=1S/C46H52N2O5/c1-3-4-11-31-24-33(25-32-22-23-48-42(47)28-32)26-35-17-20-37(34-14-9-6-10-15-34)43-36(18-21-40(49)46(52)45(51)39(35)27-31)29-41(53-2)44(50)38(43)19-16-30-12-7-5-8-13-30/h5-10,12-15,22-23,28-29,31,33,35,37,39,46,50,52H,3-4,11,16,18-19,21,24-27H2,1-2H3,(H2,47,48)/t31-,33+,35-,37-,39+,46+/m1/s1. The quantitative estimate of drug-likeness (QED) is 0.113. The van der Waals surface area contributed by atoms with Crippen molar-refractivity contribution in [3.63, 3.8) is 0 Å². The highest BCUT2D eigenvalue weighted by Gasteiger charge is 2.40. The van der Waals surface area contributed by atoms with Crippen LogP contribution in [0.15, 0.2) is 85.1 Å². The van der Waals surface area contributed by atoms with Crippen LogP contribution in [0.2, 0.25) is 0 Å². The number of ketones is 2. The summed E-state index contributed by atoms with van der Waals surface area (Å²) in [5.41, 5.74) is 11.7. The number of pyridine rings is 1. The van der Waals surface area contributed by atoms with E-state index in [1.807, 2.05) is 48.5 Å². The molecule has 2 aliphatic carbocycles. The lowest BCUT2D eigenvalue weighted by atomic mass is 9.76. The number of nitrogen functional groups attached to an aromatic ring is 1. The van der Waals surface area contributed by atoms with Gasteiger partial charge in [0, 0.05) is 30.0 Å². The number of ether oxygens (including phenoxy) is 1. The lowest BCUT2D eigenvalue weighted by Crippen LogP contribution is -2.38. The van der Waals surface area contributed by atoms with Crippen molar-refractivity contribution >= 4 is 17.4 Å². The molecular formula is C46H52N2O5. The molecule has 4 aromatic rings. The Labute approximate surface area is 314 Å². The van der Waals surface area contributed by atoms with Gasteiger partial charge >= 0.3 is 0 Å². The zero-order chi connectivity index (χ0) is 37.3. The van der Waals surface area contributed by atoms with Crippen molar-refractivity contribution in [1.82, 2.24) is 4.98 Å². The Bertz CT molecular complexity index is 1930. The van der Waals surface area contributed by atoms with Crippen molar-refractivity contribution in [3.05, 3.63) is 118 Å². The molecule has 4 N–H and O–H groups in total. The lowest BCUT2D eigenvalue weighted by Gasteiger charge is -2.27. The Morgan fingerprint density at radius 1 is 0.887 bits per heavy atom. The molecule has 53 heavy (non-hydrogen) atoms. The first kappa shape index (κ1) is 37.8. The van der Waals surface area contributed by atoms with Crippen LogP contribution in [0.25, 0.3) is 0 Å². The maximum Gasteiger partial charge on any atom is 0.173 e. The molecule has 0 amide bonds. The molecule has 7 nitrogen and oxygen atoms in total. The number of aromatic nitrogens is 1. The van der Waals surface area contributed by atoms with E-state index in [4.69, 9.17) is 10.5 Å². The second-order valence-corrected chi connectivity index (χ2v) is 15.0. The molecule has 2 aliphatic rings. The fourth-order valence-corrected chi connectivity index (χ4v) is 8.61. The Hall–Kier alpha value is -4.93. The van der Waals surface area contributed by atoms with Gasteiger partial charge in [0.15, 0.2) is 29.2 Å². The first-order valence-corrected chi connectivity index (χ1v) is 19.2. The number of hydrogen-bond acceptors (Lipinski definition) is 7. The van der Waals surface area contributed by atoms with Crippen LogP contribution in [0, 0.1) is 35.5 Å². The van der Waals surface area contributed by atoms with Crippen LogP contribution in [-0.4, -0.2) is 40.0 Å². The van der Waals surface area contributed by atoms with Crippen LogP contribution in [-0.2, 0) is 35.3 Å². The summed E-state index contributed by atoms with van der Waals surface area (Å²) in [4.78, 5) is 32.2. The molecule has 1 saturated carbocycles. The Morgan fingerprint density at radius 2 is 1.64 bits per heavy atom. The van der Waals surface area contributed by atoms with Crippen LogP contribution in [0.5, 0.6) is 11.5 Å². The highest BCUT2D eigenvalue weighted by Crippen LogP contribution is 2.44. The molecule has 276 valence electrons. The number of rotatable bonds is 10. The predicted octanol–water partition coefficient (Wildman–Crippen LogP) is 7.83. The smallest absolute Gasteiger partial charge is 0.173 e. The van der Waals surface area contributed by atoms with Gasteiger partial charge in [-0.25, -0.2) is 4.98 Å². The number of phenols is 1.